The van der Waals surface area contributed by atoms with E-state index >= 15 is 0 Å². The van der Waals surface area contributed by atoms with Crippen LogP contribution in [0.3, 0.4) is 0 Å². The molecule has 0 radical (unpaired) electrons. The Morgan fingerprint density at radius 3 is 2.44 bits per heavy atom. The first-order valence-corrected chi connectivity index (χ1v) is 10.1. The van der Waals surface area contributed by atoms with E-state index in [9.17, 15) is 14.7 Å². The zero-order chi connectivity index (χ0) is 19.4. The molecule has 3 N–H and O–H groups in total. The first kappa shape index (κ1) is 18.3. The summed E-state index contributed by atoms with van der Waals surface area (Å²) in [7, 11) is 0. The minimum absolute atomic E-state index is 0.0512. The lowest BCUT2D eigenvalue weighted by Gasteiger charge is -2.54. The largest absolute Gasteiger partial charge is 0.506 e. The molecule has 1 saturated heterocycles. The van der Waals surface area contributed by atoms with E-state index in [0.29, 0.717) is 18.7 Å². The number of aryl methyl sites for hydroxylation is 2. The maximum absolute atomic E-state index is 13.3. The molecule has 2 bridgehead atoms. The van der Waals surface area contributed by atoms with Crippen molar-refractivity contribution in [1.82, 2.24) is 5.32 Å². The molecule has 146 valence electrons. The Balaban J connectivity index is 1.60. The Hall–Kier alpha value is -2.04. The van der Waals surface area contributed by atoms with Gasteiger partial charge in [-0.1, -0.05) is 20.8 Å². The summed E-state index contributed by atoms with van der Waals surface area (Å²) < 4.78 is 0. The molecule has 4 rings (SSSR count). The van der Waals surface area contributed by atoms with Crippen LogP contribution in [0.1, 0.15) is 64.0 Å². The highest BCUT2D eigenvalue weighted by molar-refractivity contribution is 5.97. The third kappa shape index (κ3) is 3.11. The monoisotopic (exact) mass is 370 g/mol. The standard InChI is InChI=1S/C22H30N2O3/c1-20-10-21(2,18(26)23-13-20)12-22(3,11-20)19(27)24-16-8-14-6-4-5-7-15(14)9-17(16)25/h8-9,25H,4-7,10-13H2,1-3H3,(H,23,26)(H,24,27)/t20-,21+,22-/m0/s1. The maximum Gasteiger partial charge on any atom is 0.230 e. The van der Waals surface area contributed by atoms with Gasteiger partial charge in [-0.25, -0.2) is 0 Å². The van der Waals surface area contributed by atoms with Crippen molar-refractivity contribution in [3.8, 4) is 5.75 Å². The van der Waals surface area contributed by atoms with Crippen molar-refractivity contribution >= 4 is 17.5 Å². The van der Waals surface area contributed by atoms with Gasteiger partial charge in [0.1, 0.15) is 5.75 Å². The summed E-state index contributed by atoms with van der Waals surface area (Å²) in [6.45, 7) is 6.72. The average Bonchev–Trinajstić information content (AvgIpc) is 2.58. The van der Waals surface area contributed by atoms with Crippen LogP contribution in [0.5, 0.6) is 5.75 Å². The topological polar surface area (TPSA) is 78.4 Å². The van der Waals surface area contributed by atoms with Gasteiger partial charge in [-0.05, 0) is 73.6 Å². The average molecular weight is 370 g/mol. The van der Waals surface area contributed by atoms with Crippen LogP contribution in [0.25, 0.3) is 0 Å². The molecule has 0 spiro atoms. The van der Waals surface area contributed by atoms with Gasteiger partial charge in [0.2, 0.25) is 11.8 Å². The highest BCUT2D eigenvalue weighted by Crippen LogP contribution is 2.56. The lowest BCUT2D eigenvalue weighted by atomic mass is 9.52. The number of phenolic OH excluding ortho intramolecular Hbond substituents is 1. The van der Waals surface area contributed by atoms with E-state index in [1.165, 1.54) is 11.1 Å². The second-order valence-corrected chi connectivity index (χ2v) is 9.94. The van der Waals surface area contributed by atoms with Gasteiger partial charge in [-0.2, -0.15) is 0 Å². The zero-order valence-corrected chi connectivity index (χ0v) is 16.6. The van der Waals surface area contributed by atoms with Crippen LogP contribution in [-0.4, -0.2) is 23.5 Å². The zero-order valence-electron chi connectivity index (χ0n) is 16.6. The molecule has 0 aromatic heterocycles. The van der Waals surface area contributed by atoms with E-state index in [0.717, 1.165) is 38.5 Å². The second kappa shape index (κ2) is 5.98. The Bertz CT molecular complexity index is 820. The molecule has 5 heteroatoms. The van der Waals surface area contributed by atoms with E-state index in [-0.39, 0.29) is 23.0 Å². The van der Waals surface area contributed by atoms with Gasteiger partial charge in [0.15, 0.2) is 0 Å². The molecule has 2 amide bonds. The first-order valence-electron chi connectivity index (χ1n) is 10.1. The van der Waals surface area contributed by atoms with E-state index in [1.54, 1.807) is 6.07 Å². The van der Waals surface area contributed by atoms with Crippen molar-refractivity contribution in [3.63, 3.8) is 0 Å². The number of carbonyl (C=O) groups excluding carboxylic acids is 2. The van der Waals surface area contributed by atoms with Crippen LogP contribution in [0, 0.1) is 16.2 Å². The minimum atomic E-state index is -0.637. The number of piperidine rings is 1. The number of carbonyl (C=O) groups is 2. The summed E-state index contributed by atoms with van der Waals surface area (Å²) in [5.41, 5.74) is 1.67. The van der Waals surface area contributed by atoms with Gasteiger partial charge in [0.25, 0.3) is 0 Å². The van der Waals surface area contributed by atoms with Gasteiger partial charge in [0, 0.05) is 17.4 Å². The normalized spacial score (nSPS) is 35.1. The van der Waals surface area contributed by atoms with Crippen molar-refractivity contribution in [2.45, 2.75) is 65.7 Å². The molecule has 3 atom stereocenters. The predicted octanol–water partition coefficient (Wildman–Crippen LogP) is 3.54. The number of nitrogens with one attached hydrogen (secondary N) is 2. The molecular formula is C22H30N2O3. The van der Waals surface area contributed by atoms with Crippen LogP contribution >= 0.6 is 0 Å². The predicted molar refractivity (Wildman–Crippen MR) is 105 cm³/mol. The molecule has 1 aliphatic heterocycles. The molecule has 2 fully saturated rings. The minimum Gasteiger partial charge on any atom is -0.506 e. The number of hydrogen-bond acceptors (Lipinski definition) is 3. The number of rotatable bonds is 2. The molecule has 1 aromatic carbocycles. The molecule has 1 saturated carbocycles. The van der Waals surface area contributed by atoms with Gasteiger partial charge >= 0.3 is 0 Å². The summed E-state index contributed by atoms with van der Waals surface area (Å²) in [6.07, 6.45) is 6.35. The lowest BCUT2D eigenvalue weighted by Crippen LogP contribution is -2.60. The fraction of sp³-hybridized carbons (Fsp3) is 0.636. The Morgan fingerprint density at radius 1 is 1.07 bits per heavy atom. The molecule has 5 nitrogen and oxygen atoms in total. The molecule has 2 aliphatic carbocycles. The van der Waals surface area contributed by atoms with Crippen molar-refractivity contribution < 1.29 is 14.7 Å². The quantitative estimate of drug-likeness (QED) is 0.697. The van der Waals surface area contributed by atoms with E-state index in [4.69, 9.17) is 0 Å². The SMILES string of the molecule is C[C@]12CNC(=O)[C@](C)(C1)C[C@@](C)(C(=O)Nc1cc3c(cc1O)CCCC3)C2. The highest BCUT2D eigenvalue weighted by Gasteiger charge is 2.57. The summed E-state index contributed by atoms with van der Waals surface area (Å²) in [5, 5.41) is 16.4. The van der Waals surface area contributed by atoms with E-state index < -0.39 is 10.8 Å². The van der Waals surface area contributed by atoms with Crippen molar-refractivity contribution in [2.24, 2.45) is 16.2 Å². The molecule has 1 heterocycles. The van der Waals surface area contributed by atoms with Crippen molar-refractivity contribution in [2.75, 3.05) is 11.9 Å². The third-order valence-corrected chi connectivity index (χ3v) is 6.89. The van der Waals surface area contributed by atoms with Gasteiger partial charge in [-0.3, -0.25) is 9.59 Å². The van der Waals surface area contributed by atoms with Gasteiger partial charge in [0.05, 0.1) is 5.69 Å². The summed E-state index contributed by atoms with van der Waals surface area (Å²) >= 11 is 0. The number of amides is 2. The Labute approximate surface area is 160 Å². The number of anilines is 1. The van der Waals surface area contributed by atoms with Crippen LogP contribution < -0.4 is 10.6 Å². The maximum atomic E-state index is 13.3. The Morgan fingerprint density at radius 2 is 1.74 bits per heavy atom. The van der Waals surface area contributed by atoms with Crippen LogP contribution in [-0.2, 0) is 22.4 Å². The lowest BCUT2D eigenvalue weighted by molar-refractivity contribution is -0.151. The summed E-state index contributed by atoms with van der Waals surface area (Å²) in [6, 6.07) is 3.74. The van der Waals surface area contributed by atoms with Gasteiger partial charge < -0.3 is 15.7 Å². The molecular weight excluding hydrogens is 340 g/mol. The van der Waals surface area contributed by atoms with E-state index in [1.807, 2.05) is 19.9 Å². The number of aromatic hydroxyl groups is 1. The summed E-state index contributed by atoms with van der Waals surface area (Å²) in [5.74, 6) is 0.0921. The number of phenols is 1. The van der Waals surface area contributed by atoms with Crippen molar-refractivity contribution in [3.05, 3.63) is 23.3 Å². The van der Waals surface area contributed by atoms with Gasteiger partial charge in [-0.15, -0.1) is 0 Å². The molecule has 0 unspecified atom stereocenters. The highest BCUT2D eigenvalue weighted by atomic mass is 16.3. The van der Waals surface area contributed by atoms with Crippen molar-refractivity contribution in [1.29, 1.82) is 0 Å². The van der Waals surface area contributed by atoms with Crippen LogP contribution in [0.15, 0.2) is 12.1 Å². The summed E-state index contributed by atoms with van der Waals surface area (Å²) in [4.78, 5) is 25.7. The molecule has 27 heavy (non-hydrogen) atoms. The first-order chi connectivity index (χ1) is 12.6. The fourth-order valence-electron chi connectivity index (χ4n) is 6.03. The Kier molecular flexibility index (Phi) is 4.06. The third-order valence-electron chi connectivity index (χ3n) is 6.89. The second-order valence-electron chi connectivity index (χ2n) is 9.94. The molecule has 1 aromatic rings. The molecule has 3 aliphatic rings. The van der Waals surface area contributed by atoms with Crippen LogP contribution in [0.4, 0.5) is 5.69 Å². The smallest absolute Gasteiger partial charge is 0.230 e. The van der Waals surface area contributed by atoms with Crippen LogP contribution in [0.2, 0.25) is 0 Å². The number of hydrogen-bond donors (Lipinski definition) is 3. The van der Waals surface area contributed by atoms with E-state index in [2.05, 4.69) is 17.6 Å². The number of fused-ring (bicyclic) bond motifs is 3. The fourth-order valence-corrected chi connectivity index (χ4v) is 6.03. The number of benzene rings is 1.